The molecule has 0 spiro atoms. The van der Waals surface area contributed by atoms with E-state index in [4.69, 9.17) is 0 Å². The molecule has 1 N–H and O–H groups in total. The van der Waals surface area contributed by atoms with Gasteiger partial charge in [-0.1, -0.05) is 24.6 Å². The fourth-order valence-electron chi connectivity index (χ4n) is 2.43. The molecule has 4 heteroatoms. The molecule has 1 aliphatic rings. The average molecular weight is 256 g/mol. The van der Waals surface area contributed by atoms with E-state index in [-0.39, 0.29) is 0 Å². The number of aromatic nitrogens is 2. The lowest BCUT2D eigenvalue weighted by Crippen LogP contribution is -2.41. The van der Waals surface area contributed by atoms with Crippen LogP contribution in [0.15, 0.2) is 42.7 Å². The number of para-hydroxylation sites is 1. The zero-order valence-corrected chi connectivity index (χ0v) is 11.1. The Balaban J connectivity index is 1.59. The van der Waals surface area contributed by atoms with Gasteiger partial charge in [-0.2, -0.15) is 5.10 Å². The first-order valence-corrected chi connectivity index (χ1v) is 6.99. The number of nitrogens with zero attached hydrogens (tertiary/aromatic N) is 3. The molecule has 0 aliphatic carbocycles. The van der Waals surface area contributed by atoms with Crippen molar-refractivity contribution in [3.8, 4) is 5.69 Å². The van der Waals surface area contributed by atoms with Crippen molar-refractivity contribution in [3.63, 3.8) is 0 Å². The van der Waals surface area contributed by atoms with Gasteiger partial charge >= 0.3 is 0 Å². The molecule has 0 radical (unpaired) electrons. The molecule has 0 amide bonds. The second-order valence-corrected chi connectivity index (χ2v) is 5.01. The lowest BCUT2D eigenvalue weighted by molar-refractivity contribution is 0.151. The summed E-state index contributed by atoms with van der Waals surface area (Å²) in [6.45, 7) is 3.17. The number of benzene rings is 1. The highest BCUT2D eigenvalue weighted by Crippen LogP contribution is 2.09. The van der Waals surface area contributed by atoms with E-state index >= 15 is 0 Å². The average Bonchev–Trinajstić information content (AvgIpc) is 2.96. The summed E-state index contributed by atoms with van der Waals surface area (Å²) < 4.78 is 1.92. The van der Waals surface area contributed by atoms with Gasteiger partial charge in [-0.25, -0.2) is 9.69 Å². The van der Waals surface area contributed by atoms with Gasteiger partial charge in [0.2, 0.25) is 0 Å². The van der Waals surface area contributed by atoms with Crippen LogP contribution in [0.2, 0.25) is 0 Å². The predicted molar refractivity (Wildman–Crippen MR) is 75.8 cm³/mol. The maximum absolute atomic E-state index is 4.41. The van der Waals surface area contributed by atoms with Crippen LogP contribution in [0.1, 0.15) is 24.8 Å². The SMILES string of the molecule is c1ccc(-n2cc(CNN3CCCCC3)cn2)cc1. The molecular weight excluding hydrogens is 236 g/mol. The number of nitrogens with one attached hydrogen (secondary N) is 1. The molecule has 100 valence electrons. The summed E-state index contributed by atoms with van der Waals surface area (Å²) in [7, 11) is 0. The van der Waals surface area contributed by atoms with E-state index in [1.165, 1.54) is 24.8 Å². The van der Waals surface area contributed by atoms with Crippen LogP contribution in [0.4, 0.5) is 0 Å². The standard InChI is InChI=1S/C15H20N4/c1-3-7-15(8-4-1)19-13-14(12-17-19)11-16-18-9-5-2-6-10-18/h1,3-4,7-8,12-13,16H,2,5-6,9-11H2. The van der Waals surface area contributed by atoms with Crippen LogP contribution in [0, 0.1) is 0 Å². The van der Waals surface area contributed by atoms with Crippen molar-refractivity contribution in [2.75, 3.05) is 13.1 Å². The lowest BCUT2D eigenvalue weighted by Gasteiger charge is -2.26. The summed E-state index contributed by atoms with van der Waals surface area (Å²) in [5, 5.41) is 6.73. The fourth-order valence-corrected chi connectivity index (χ4v) is 2.43. The highest BCUT2D eigenvalue weighted by Gasteiger charge is 2.09. The van der Waals surface area contributed by atoms with E-state index in [1.807, 2.05) is 29.1 Å². The molecule has 0 bridgehead atoms. The minimum Gasteiger partial charge on any atom is -0.251 e. The van der Waals surface area contributed by atoms with E-state index in [2.05, 4.69) is 33.9 Å². The third-order valence-electron chi connectivity index (χ3n) is 3.52. The zero-order chi connectivity index (χ0) is 12.9. The van der Waals surface area contributed by atoms with Gasteiger partial charge in [-0.3, -0.25) is 5.43 Å². The van der Waals surface area contributed by atoms with E-state index in [1.54, 1.807) is 0 Å². The first-order valence-electron chi connectivity index (χ1n) is 6.99. The molecule has 4 nitrogen and oxygen atoms in total. The van der Waals surface area contributed by atoms with E-state index in [9.17, 15) is 0 Å². The van der Waals surface area contributed by atoms with Gasteiger partial charge in [-0.05, 0) is 25.0 Å². The van der Waals surface area contributed by atoms with Gasteiger partial charge in [0.25, 0.3) is 0 Å². The summed E-state index contributed by atoms with van der Waals surface area (Å²) in [5.41, 5.74) is 5.80. The lowest BCUT2D eigenvalue weighted by atomic mass is 10.2. The third kappa shape index (κ3) is 3.22. The van der Waals surface area contributed by atoms with Crippen LogP contribution in [0.3, 0.4) is 0 Å². The molecule has 1 saturated heterocycles. The normalized spacial score (nSPS) is 16.6. The van der Waals surface area contributed by atoms with Crippen molar-refractivity contribution in [2.24, 2.45) is 0 Å². The quantitative estimate of drug-likeness (QED) is 0.911. The van der Waals surface area contributed by atoms with Gasteiger partial charge in [0.05, 0.1) is 11.9 Å². The molecule has 1 fully saturated rings. The van der Waals surface area contributed by atoms with Crippen molar-refractivity contribution in [2.45, 2.75) is 25.8 Å². The van der Waals surface area contributed by atoms with Crippen molar-refractivity contribution >= 4 is 0 Å². The summed E-state index contributed by atoms with van der Waals surface area (Å²) in [6, 6.07) is 10.2. The molecule has 0 saturated carbocycles. The molecule has 1 aliphatic heterocycles. The van der Waals surface area contributed by atoms with Crippen molar-refractivity contribution in [1.82, 2.24) is 20.2 Å². The molecule has 1 aromatic heterocycles. The second kappa shape index (κ2) is 5.99. The first-order chi connectivity index (χ1) is 9.42. The highest BCUT2D eigenvalue weighted by molar-refractivity contribution is 5.30. The molecule has 1 aromatic carbocycles. The van der Waals surface area contributed by atoms with Crippen LogP contribution in [0.25, 0.3) is 5.69 Å². The van der Waals surface area contributed by atoms with Crippen LogP contribution in [0.5, 0.6) is 0 Å². The Morgan fingerprint density at radius 2 is 1.84 bits per heavy atom. The van der Waals surface area contributed by atoms with Gasteiger partial charge in [-0.15, -0.1) is 0 Å². The maximum Gasteiger partial charge on any atom is 0.0645 e. The van der Waals surface area contributed by atoms with Crippen LogP contribution in [-0.2, 0) is 6.54 Å². The fraction of sp³-hybridized carbons (Fsp3) is 0.400. The number of hydrazine groups is 1. The summed E-state index contributed by atoms with van der Waals surface area (Å²) in [4.78, 5) is 0. The van der Waals surface area contributed by atoms with Gasteiger partial charge in [0.1, 0.15) is 0 Å². The Morgan fingerprint density at radius 1 is 1.05 bits per heavy atom. The van der Waals surface area contributed by atoms with Crippen LogP contribution < -0.4 is 5.43 Å². The molecule has 2 aromatic rings. The van der Waals surface area contributed by atoms with E-state index in [0.717, 1.165) is 25.3 Å². The number of hydrogen-bond acceptors (Lipinski definition) is 3. The van der Waals surface area contributed by atoms with Crippen molar-refractivity contribution < 1.29 is 0 Å². The highest BCUT2D eigenvalue weighted by atomic mass is 15.5. The predicted octanol–water partition coefficient (Wildman–Crippen LogP) is 2.36. The Labute approximate surface area is 114 Å². The van der Waals surface area contributed by atoms with E-state index in [0.29, 0.717) is 0 Å². The number of piperidine rings is 1. The minimum absolute atomic E-state index is 0.854. The largest absolute Gasteiger partial charge is 0.251 e. The Morgan fingerprint density at radius 3 is 2.63 bits per heavy atom. The Kier molecular flexibility index (Phi) is 3.91. The van der Waals surface area contributed by atoms with Gasteiger partial charge in [0.15, 0.2) is 0 Å². The van der Waals surface area contributed by atoms with Gasteiger partial charge < -0.3 is 0 Å². The smallest absolute Gasteiger partial charge is 0.0645 e. The van der Waals surface area contributed by atoms with E-state index < -0.39 is 0 Å². The van der Waals surface area contributed by atoms with Crippen molar-refractivity contribution in [3.05, 3.63) is 48.3 Å². The minimum atomic E-state index is 0.854. The summed E-state index contributed by atoms with van der Waals surface area (Å²) in [5.74, 6) is 0. The van der Waals surface area contributed by atoms with Gasteiger partial charge in [0, 0.05) is 31.4 Å². The van der Waals surface area contributed by atoms with Crippen molar-refractivity contribution in [1.29, 1.82) is 0 Å². The number of hydrogen-bond donors (Lipinski definition) is 1. The topological polar surface area (TPSA) is 33.1 Å². The number of rotatable bonds is 4. The zero-order valence-electron chi connectivity index (χ0n) is 11.1. The molecule has 19 heavy (non-hydrogen) atoms. The molecule has 3 rings (SSSR count). The molecule has 0 unspecified atom stereocenters. The molecule has 0 atom stereocenters. The molecule has 2 heterocycles. The summed E-state index contributed by atoms with van der Waals surface area (Å²) in [6.07, 6.45) is 7.99. The maximum atomic E-state index is 4.41. The monoisotopic (exact) mass is 256 g/mol. The summed E-state index contributed by atoms with van der Waals surface area (Å²) >= 11 is 0. The third-order valence-corrected chi connectivity index (χ3v) is 3.52. The van der Waals surface area contributed by atoms with Crippen LogP contribution >= 0.6 is 0 Å². The van der Waals surface area contributed by atoms with Crippen LogP contribution in [-0.4, -0.2) is 27.9 Å². The Hall–Kier alpha value is -1.65. The molecular formula is C15H20N4. The second-order valence-electron chi connectivity index (χ2n) is 5.01. The Bertz CT molecular complexity index is 500. The first kappa shape index (κ1) is 12.4.